The average molecular weight is 214 g/mol. The smallest absolute Gasteiger partial charge is 0.123 e. The zero-order chi connectivity index (χ0) is 11.0. The first-order chi connectivity index (χ1) is 7.84. The Morgan fingerprint density at radius 2 is 1.81 bits per heavy atom. The fourth-order valence-corrected chi connectivity index (χ4v) is 2.03. The highest BCUT2D eigenvalue weighted by molar-refractivity contribution is 5.97. The van der Waals surface area contributed by atoms with Crippen molar-refractivity contribution in [2.75, 3.05) is 18.4 Å². The van der Waals surface area contributed by atoms with Crippen LogP contribution in [0.1, 0.15) is 0 Å². The molecule has 0 atom stereocenters. The van der Waals surface area contributed by atoms with Crippen LogP contribution >= 0.6 is 0 Å². The molecule has 0 bridgehead atoms. The molecule has 0 spiro atoms. The number of hydrogen-bond donors (Lipinski definition) is 3. The molecule has 1 fully saturated rings. The van der Waals surface area contributed by atoms with Crippen LogP contribution in [0.2, 0.25) is 0 Å². The Morgan fingerprint density at radius 3 is 2.56 bits per heavy atom. The van der Waals surface area contributed by atoms with Gasteiger partial charge in [-0.25, -0.2) is 0 Å². The van der Waals surface area contributed by atoms with Crippen molar-refractivity contribution in [1.29, 1.82) is 0 Å². The third kappa shape index (κ3) is 1.49. The maximum absolute atomic E-state index is 9.76. The van der Waals surface area contributed by atoms with Crippen LogP contribution in [0.15, 0.2) is 36.4 Å². The molecule has 0 amide bonds. The van der Waals surface area contributed by atoms with Crippen LogP contribution in [0, 0.1) is 0 Å². The monoisotopic (exact) mass is 214 g/mol. The Labute approximate surface area is 94.1 Å². The lowest BCUT2D eigenvalue weighted by Gasteiger charge is -2.29. The highest BCUT2D eigenvalue weighted by atomic mass is 16.3. The summed E-state index contributed by atoms with van der Waals surface area (Å²) in [5.41, 5.74) is 1.10. The second-order valence-electron chi connectivity index (χ2n) is 4.18. The van der Waals surface area contributed by atoms with E-state index >= 15 is 0 Å². The van der Waals surface area contributed by atoms with E-state index in [1.165, 1.54) is 0 Å². The number of anilines is 1. The highest BCUT2D eigenvalue weighted by Gasteiger charge is 2.16. The number of rotatable bonds is 2. The number of phenolic OH excluding ortho intramolecular Hbond substituents is 1. The van der Waals surface area contributed by atoms with E-state index in [-0.39, 0.29) is 0 Å². The van der Waals surface area contributed by atoms with Gasteiger partial charge in [-0.2, -0.15) is 0 Å². The fraction of sp³-hybridized carbons (Fsp3) is 0.231. The van der Waals surface area contributed by atoms with E-state index in [1.807, 2.05) is 24.3 Å². The lowest BCUT2D eigenvalue weighted by atomic mass is 10.1. The molecular formula is C13H14N2O. The van der Waals surface area contributed by atoms with Gasteiger partial charge >= 0.3 is 0 Å². The molecule has 3 rings (SSSR count). The number of benzene rings is 2. The quantitative estimate of drug-likeness (QED) is 0.715. The molecule has 82 valence electrons. The van der Waals surface area contributed by atoms with E-state index in [4.69, 9.17) is 0 Å². The van der Waals surface area contributed by atoms with Crippen molar-refractivity contribution in [3.8, 4) is 5.75 Å². The molecule has 1 heterocycles. The van der Waals surface area contributed by atoms with Crippen molar-refractivity contribution < 1.29 is 5.11 Å². The molecule has 2 aromatic rings. The van der Waals surface area contributed by atoms with Crippen LogP contribution in [-0.4, -0.2) is 24.2 Å². The zero-order valence-electron chi connectivity index (χ0n) is 8.90. The van der Waals surface area contributed by atoms with Crippen molar-refractivity contribution >= 4 is 16.5 Å². The van der Waals surface area contributed by atoms with Crippen LogP contribution in [0.4, 0.5) is 5.69 Å². The van der Waals surface area contributed by atoms with Gasteiger partial charge in [-0.3, -0.25) is 0 Å². The SMILES string of the molecule is Oc1cccc2c(NC3CNC3)cccc12. The Morgan fingerprint density at radius 1 is 1.06 bits per heavy atom. The van der Waals surface area contributed by atoms with Crippen molar-refractivity contribution in [3.63, 3.8) is 0 Å². The van der Waals surface area contributed by atoms with Gasteiger partial charge in [-0.15, -0.1) is 0 Å². The van der Waals surface area contributed by atoms with Crippen molar-refractivity contribution in [2.45, 2.75) is 6.04 Å². The highest BCUT2D eigenvalue weighted by Crippen LogP contribution is 2.30. The lowest BCUT2D eigenvalue weighted by molar-refractivity contribution is 0.472. The summed E-state index contributed by atoms with van der Waals surface area (Å²) in [7, 11) is 0. The molecule has 1 aliphatic heterocycles. The predicted octanol–water partition coefficient (Wildman–Crippen LogP) is 1.93. The molecule has 0 saturated carbocycles. The van der Waals surface area contributed by atoms with E-state index in [9.17, 15) is 5.11 Å². The second kappa shape index (κ2) is 3.68. The Bertz CT molecular complexity index is 520. The molecule has 1 aliphatic rings. The number of phenols is 1. The number of aromatic hydroxyl groups is 1. The van der Waals surface area contributed by atoms with Gasteiger partial charge in [-0.1, -0.05) is 24.3 Å². The van der Waals surface area contributed by atoms with Gasteiger partial charge in [0, 0.05) is 29.5 Å². The maximum Gasteiger partial charge on any atom is 0.123 e. The van der Waals surface area contributed by atoms with Crippen LogP contribution in [0.3, 0.4) is 0 Å². The standard InChI is InChI=1S/C13H14N2O/c16-13-6-2-3-10-11(13)4-1-5-12(10)15-9-7-14-8-9/h1-6,9,14-16H,7-8H2. The Kier molecular flexibility index (Phi) is 2.18. The minimum atomic E-state index is 0.341. The summed E-state index contributed by atoms with van der Waals surface area (Å²) in [5, 5.41) is 18.4. The van der Waals surface area contributed by atoms with Gasteiger partial charge in [0.15, 0.2) is 0 Å². The van der Waals surface area contributed by atoms with Crippen molar-refractivity contribution in [2.24, 2.45) is 0 Å². The molecule has 2 aromatic carbocycles. The van der Waals surface area contributed by atoms with Gasteiger partial charge in [0.25, 0.3) is 0 Å². The summed E-state index contributed by atoms with van der Waals surface area (Å²) in [6.45, 7) is 2.02. The zero-order valence-corrected chi connectivity index (χ0v) is 8.90. The topological polar surface area (TPSA) is 44.3 Å². The summed E-state index contributed by atoms with van der Waals surface area (Å²) in [6, 6.07) is 12.1. The molecule has 0 aliphatic carbocycles. The molecule has 0 aromatic heterocycles. The summed E-state index contributed by atoms with van der Waals surface area (Å²) in [6.07, 6.45) is 0. The fourth-order valence-electron chi connectivity index (χ4n) is 2.03. The van der Waals surface area contributed by atoms with Crippen LogP contribution < -0.4 is 10.6 Å². The summed E-state index contributed by atoms with van der Waals surface area (Å²) in [5.74, 6) is 0.341. The van der Waals surface area contributed by atoms with E-state index in [0.29, 0.717) is 11.8 Å². The van der Waals surface area contributed by atoms with Crippen LogP contribution in [0.25, 0.3) is 10.8 Å². The van der Waals surface area contributed by atoms with E-state index < -0.39 is 0 Å². The molecule has 3 nitrogen and oxygen atoms in total. The van der Waals surface area contributed by atoms with Crippen LogP contribution in [-0.2, 0) is 0 Å². The van der Waals surface area contributed by atoms with Crippen molar-refractivity contribution in [1.82, 2.24) is 5.32 Å². The van der Waals surface area contributed by atoms with Gasteiger partial charge in [0.1, 0.15) is 5.75 Å². The number of hydrogen-bond acceptors (Lipinski definition) is 3. The molecule has 3 heteroatoms. The summed E-state index contributed by atoms with van der Waals surface area (Å²) < 4.78 is 0. The number of nitrogens with one attached hydrogen (secondary N) is 2. The van der Waals surface area contributed by atoms with Gasteiger partial charge in [0.05, 0.1) is 6.04 Å². The normalized spacial score (nSPS) is 16.0. The molecule has 0 unspecified atom stereocenters. The van der Waals surface area contributed by atoms with E-state index in [1.54, 1.807) is 6.07 Å². The minimum absolute atomic E-state index is 0.341. The molecule has 1 saturated heterocycles. The second-order valence-corrected chi connectivity index (χ2v) is 4.18. The first-order valence-electron chi connectivity index (χ1n) is 5.52. The third-order valence-electron chi connectivity index (χ3n) is 3.04. The van der Waals surface area contributed by atoms with Gasteiger partial charge in [0.2, 0.25) is 0 Å². The van der Waals surface area contributed by atoms with Crippen molar-refractivity contribution in [3.05, 3.63) is 36.4 Å². The molecule has 16 heavy (non-hydrogen) atoms. The van der Waals surface area contributed by atoms with Gasteiger partial charge < -0.3 is 15.7 Å². The predicted molar refractivity (Wildman–Crippen MR) is 65.9 cm³/mol. The third-order valence-corrected chi connectivity index (χ3v) is 3.04. The molecule has 3 N–H and O–H groups in total. The molecule has 0 radical (unpaired) electrons. The average Bonchev–Trinajstić information content (AvgIpc) is 2.24. The van der Waals surface area contributed by atoms with Gasteiger partial charge in [-0.05, 0) is 12.1 Å². The lowest BCUT2D eigenvalue weighted by Crippen LogP contribution is -2.51. The maximum atomic E-state index is 9.76. The minimum Gasteiger partial charge on any atom is -0.507 e. The van der Waals surface area contributed by atoms with E-state index in [2.05, 4.69) is 16.7 Å². The molecular weight excluding hydrogens is 200 g/mol. The number of fused-ring (bicyclic) bond motifs is 1. The largest absolute Gasteiger partial charge is 0.507 e. The van der Waals surface area contributed by atoms with Crippen LogP contribution in [0.5, 0.6) is 5.75 Å². The first-order valence-corrected chi connectivity index (χ1v) is 5.52. The Hall–Kier alpha value is -1.74. The Balaban J connectivity index is 2.06. The first kappa shape index (κ1) is 9.48. The van der Waals surface area contributed by atoms with E-state index in [0.717, 1.165) is 29.5 Å². The summed E-state index contributed by atoms with van der Waals surface area (Å²) >= 11 is 0. The summed E-state index contributed by atoms with van der Waals surface area (Å²) in [4.78, 5) is 0.